The Kier molecular flexibility index (Phi) is 6.24. The Balaban J connectivity index is 1.48. The van der Waals surface area contributed by atoms with Crippen molar-refractivity contribution < 1.29 is 24.2 Å². The number of rotatable bonds is 9. The number of nitrogens with one attached hydrogen (secondary N) is 2. The number of para-hydroxylation sites is 1. The van der Waals surface area contributed by atoms with Crippen molar-refractivity contribution in [2.45, 2.75) is 76.4 Å². The summed E-state index contributed by atoms with van der Waals surface area (Å²) in [5.74, 6) is -2.39. The third-order valence-electron chi connectivity index (χ3n) is 8.19. The molecule has 2 aromatic rings. The van der Waals surface area contributed by atoms with Crippen LogP contribution in [0.2, 0.25) is 0 Å². The summed E-state index contributed by atoms with van der Waals surface area (Å²) >= 11 is 0. The molecule has 11 nitrogen and oxygen atoms in total. The third kappa shape index (κ3) is 3.51. The molecule has 194 valence electrons. The van der Waals surface area contributed by atoms with E-state index in [9.17, 15) is 19.5 Å². The van der Waals surface area contributed by atoms with Crippen molar-refractivity contribution in [3.05, 3.63) is 24.3 Å². The first kappa shape index (κ1) is 24.6. The lowest BCUT2D eigenvalue weighted by molar-refractivity contribution is -0.150. The summed E-state index contributed by atoms with van der Waals surface area (Å²) in [4.78, 5) is 42.5. The number of ether oxygens (including phenoxy) is 1. The molecule has 0 radical (unpaired) electrons. The van der Waals surface area contributed by atoms with Crippen LogP contribution in [0, 0.1) is 11.8 Å². The Morgan fingerprint density at radius 2 is 2.00 bits per heavy atom. The van der Waals surface area contributed by atoms with Crippen LogP contribution < -0.4 is 10.6 Å². The van der Waals surface area contributed by atoms with Gasteiger partial charge in [0.1, 0.15) is 23.8 Å². The Morgan fingerprint density at radius 3 is 2.72 bits per heavy atom. The van der Waals surface area contributed by atoms with Gasteiger partial charge in [0.05, 0.1) is 35.6 Å². The van der Waals surface area contributed by atoms with Gasteiger partial charge in [0.2, 0.25) is 17.7 Å². The van der Waals surface area contributed by atoms with Gasteiger partial charge in [-0.25, -0.2) is 4.68 Å². The fourth-order valence-electron chi connectivity index (χ4n) is 6.51. The average molecular weight is 499 g/mol. The highest BCUT2D eigenvalue weighted by Crippen LogP contribution is 2.63. The van der Waals surface area contributed by atoms with Gasteiger partial charge in [-0.2, -0.15) is 0 Å². The Bertz CT molecular complexity index is 1180. The zero-order valence-corrected chi connectivity index (χ0v) is 20.9. The number of carbonyl (C=O) groups excluding carboxylic acids is 3. The van der Waals surface area contributed by atoms with E-state index in [0.717, 1.165) is 11.9 Å². The number of benzene rings is 1. The van der Waals surface area contributed by atoms with Gasteiger partial charge in [-0.1, -0.05) is 31.2 Å². The number of likely N-dealkylation sites (tertiary alicyclic amines) is 1. The van der Waals surface area contributed by atoms with Gasteiger partial charge in [-0.15, -0.1) is 5.10 Å². The zero-order chi connectivity index (χ0) is 25.7. The van der Waals surface area contributed by atoms with Crippen LogP contribution in [-0.2, 0) is 25.8 Å². The van der Waals surface area contributed by atoms with Crippen LogP contribution in [0.3, 0.4) is 0 Å². The highest BCUT2D eigenvalue weighted by molar-refractivity contribution is 5.99. The maximum absolute atomic E-state index is 13.9. The van der Waals surface area contributed by atoms with Crippen LogP contribution in [0.15, 0.2) is 24.3 Å². The molecule has 3 aliphatic heterocycles. The number of aliphatic hydroxyl groups is 1. The van der Waals surface area contributed by atoms with Crippen molar-refractivity contribution in [1.82, 2.24) is 30.5 Å². The topological polar surface area (TPSA) is 139 Å². The molecule has 1 aromatic carbocycles. The molecular formula is C25H34N6O5. The third-order valence-corrected chi connectivity index (χ3v) is 8.19. The van der Waals surface area contributed by atoms with E-state index in [-0.39, 0.29) is 25.1 Å². The monoisotopic (exact) mass is 498 g/mol. The highest BCUT2D eigenvalue weighted by Gasteiger charge is 2.78. The Morgan fingerprint density at radius 1 is 1.22 bits per heavy atom. The molecule has 0 aliphatic carbocycles. The van der Waals surface area contributed by atoms with Crippen molar-refractivity contribution in [1.29, 1.82) is 0 Å². The predicted molar refractivity (Wildman–Crippen MR) is 129 cm³/mol. The smallest absolute Gasteiger partial charge is 0.247 e. The molecule has 3 N–H and O–H groups in total. The van der Waals surface area contributed by atoms with Gasteiger partial charge in [0, 0.05) is 6.54 Å². The first-order valence-corrected chi connectivity index (χ1v) is 12.8. The van der Waals surface area contributed by atoms with Gasteiger partial charge in [0.25, 0.3) is 0 Å². The number of amides is 3. The molecule has 11 heteroatoms. The van der Waals surface area contributed by atoms with E-state index < -0.39 is 41.0 Å². The summed E-state index contributed by atoms with van der Waals surface area (Å²) in [7, 11) is 0. The number of aliphatic hydroxyl groups excluding tert-OH is 1. The van der Waals surface area contributed by atoms with Gasteiger partial charge >= 0.3 is 0 Å². The molecular weight excluding hydrogens is 464 g/mol. The first-order valence-electron chi connectivity index (χ1n) is 12.8. The quantitative estimate of drug-likeness (QED) is 0.459. The van der Waals surface area contributed by atoms with Crippen LogP contribution in [0.5, 0.6) is 0 Å². The molecule has 2 unspecified atom stereocenters. The van der Waals surface area contributed by atoms with Crippen LogP contribution in [0.1, 0.15) is 46.5 Å². The fraction of sp³-hybridized carbons (Fsp3) is 0.640. The standard InChI is InChI=1S/C25H34N6O5/c1-4-12-26-21(33)18-19-23(35)31(15(5-2)13-32)20(25(19)11-10-24(18,3)36-25)22(34)27-14-30-17-9-7-6-8-16(17)28-29-30/h6-9,15,18-20,32H,4-5,10-14H2,1-3H3,(H,26,33)(H,27,34)/t15-,18-,19-,20?,24+,25?/m0/s1. The summed E-state index contributed by atoms with van der Waals surface area (Å²) in [6.45, 7) is 5.98. The predicted octanol–water partition coefficient (Wildman–Crippen LogP) is 0.567. The molecule has 1 aromatic heterocycles. The molecule has 36 heavy (non-hydrogen) atoms. The molecule has 1 spiro atoms. The summed E-state index contributed by atoms with van der Waals surface area (Å²) in [6.07, 6.45) is 2.30. The Hall–Kier alpha value is -3.05. The highest BCUT2D eigenvalue weighted by atomic mass is 16.5. The average Bonchev–Trinajstić information content (AvgIpc) is 3.58. The van der Waals surface area contributed by atoms with E-state index in [4.69, 9.17) is 4.74 Å². The van der Waals surface area contributed by atoms with Crippen LogP contribution in [0.25, 0.3) is 11.0 Å². The van der Waals surface area contributed by atoms with Gasteiger partial charge < -0.3 is 25.4 Å². The molecule has 5 rings (SSSR count). The second kappa shape index (κ2) is 9.11. The van der Waals surface area contributed by atoms with Crippen molar-refractivity contribution in [2.24, 2.45) is 11.8 Å². The number of nitrogens with zero attached hydrogens (tertiary/aromatic N) is 4. The van der Waals surface area contributed by atoms with Gasteiger partial charge in [0.15, 0.2) is 0 Å². The zero-order valence-electron chi connectivity index (χ0n) is 20.9. The summed E-state index contributed by atoms with van der Waals surface area (Å²) in [5.41, 5.74) is -0.475. The van der Waals surface area contributed by atoms with Crippen molar-refractivity contribution in [3.63, 3.8) is 0 Å². The number of fused-ring (bicyclic) bond motifs is 2. The lowest BCUT2D eigenvalue weighted by Gasteiger charge is -2.36. The molecule has 0 saturated carbocycles. The second-order valence-electron chi connectivity index (χ2n) is 10.3. The molecule has 4 heterocycles. The number of hydrogen-bond acceptors (Lipinski definition) is 7. The lowest BCUT2D eigenvalue weighted by Crippen LogP contribution is -2.58. The van der Waals surface area contributed by atoms with E-state index >= 15 is 0 Å². The SMILES string of the molecule is CCCNC(=O)[C@@H]1[C@H]2C(=O)N([C@@H](CC)CO)C(C(=O)NCn3nnc4ccccc43)C23CC[C@@]1(C)O3. The maximum atomic E-state index is 13.9. The van der Waals surface area contributed by atoms with E-state index in [1.54, 1.807) is 4.68 Å². The van der Waals surface area contributed by atoms with Crippen LogP contribution in [-0.4, -0.2) is 79.2 Å². The molecule has 3 fully saturated rings. The summed E-state index contributed by atoms with van der Waals surface area (Å²) in [6, 6.07) is 5.91. The molecule has 6 atom stereocenters. The summed E-state index contributed by atoms with van der Waals surface area (Å²) in [5, 5.41) is 24.2. The normalized spacial score (nSPS) is 31.6. The minimum atomic E-state index is -1.13. The minimum absolute atomic E-state index is 0.0617. The van der Waals surface area contributed by atoms with Gasteiger partial charge in [-0.3, -0.25) is 14.4 Å². The van der Waals surface area contributed by atoms with E-state index in [1.165, 1.54) is 4.90 Å². The molecule has 3 aliphatic rings. The van der Waals surface area contributed by atoms with Crippen molar-refractivity contribution in [3.8, 4) is 0 Å². The molecule has 3 amide bonds. The molecule has 3 saturated heterocycles. The van der Waals surface area contributed by atoms with E-state index in [1.807, 2.05) is 45.0 Å². The number of carbonyl (C=O) groups is 3. The second-order valence-corrected chi connectivity index (χ2v) is 10.3. The largest absolute Gasteiger partial charge is 0.394 e. The van der Waals surface area contributed by atoms with Gasteiger partial charge in [-0.05, 0) is 44.7 Å². The number of aromatic nitrogens is 3. The van der Waals surface area contributed by atoms with Crippen molar-refractivity contribution >= 4 is 28.8 Å². The maximum Gasteiger partial charge on any atom is 0.247 e. The Labute approximate surface area is 209 Å². The van der Waals surface area contributed by atoms with Crippen molar-refractivity contribution in [2.75, 3.05) is 13.2 Å². The minimum Gasteiger partial charge on any atom is -0.394 e. The summed E-state index contributed by atoms with van der Waals surface area (Å²) < 4.78 is 8.15. The lowest BCUT2D eigenvalue weighted by atomic mass is 9.66. The molecule has 2 bridgehead atoms. The van der Waals surface area contributed by atoms with Crippen LogP contribution in [0.4, 0.5) is 0 Å². The number of hydrogen-bond donors (Lipinski definition) is 3. The van der Waals surface area contributed by atoms with E-state index in [2.05, 4.69) is 20.9 Å². The fourth-order valence-corrected chi connectivity index (χ4v) is 6.51. The van der Waals surface area contributed by atoms with E-state index in [0.29, 0.717) is 31.3 Å². The van der Waals surface area contributed by atoms with Crippen LogP contribution >= 0.6 is 0 Å². The first-order chi connectivity index (χ1) is 17.3.